The van der Waals surface area contributed by atoms with Crippen LogP contribution in [0.5, 0.6) is 0 Å². The number of fused-ring (bicyclic) bond motifs is 2. The third-order valence-electron chi connectivity index (χ3n) is 6.21. The summed E-state index contributed by atoms with van der Waals surface area (Å²) in [5.74, 6) is 1.01. The molecule has 8 heteroatoms. The first kappa shape index (κ1) is 19.1. The predicted molar refractivity (Wildman–Crippen MR) is 118 cm³/mol. The molecule has 4 N–H and O–H groups in total. The van der Waals surface area contributed by atoms with Crippen molar-refractivity contribution in [2.45, 2.75) is 38.1 Å². The fraction of sp³-hybridized carbons (Fsp3) is 0.318. The molecule has 2 atom stereocenters. The number of hydrogen-bond donors (Lipinski definition) is 2. The van der Waals surface area contributed by atoms with E-state index in [1.54, 1.807) is 6.07 Å². The van der Waals surface area contributed by atoms with Gasteiger partial charge in [0.15, 0.2) is 0 Å². The fourth-order valence-corrected chi connectivity index (χ4v) is 4.79. The van der Waals surface area contributed by atoms with Crippen LogP contribution in [-0.4, -0.2) is 19.5 Å². The van der Waals surface area contributed by atoms with Crippen LogP contribution in [0, 0.1) is 11.7 Å². The van der Waals surface area contributed by atoms with Crippen molar-refractivity contribution in [3.63, 3.8) is 0 Å². The Kier molecular flexibility index (Phi) is 4.70. The average molecular weight is 425 g/mol. The van der Waals surface area contributed by atoms with Crippen LogP contribution in [0.2, 0.25) is 5.02 Å². The Morgan fingerprint density at radius 3 is 2.83 bits per heavy atom. The van der Waals surface area contributed by atoms with Gasteiger partial charge in [-0.2, -0.15) is 0 Å². The molecule has 0 radical (unpaired) electrons. The van der Waals surface area contributed by atoms with Crippen molar-refractivity contribution in [1.82, 2.24) is 19.5 Å². The van der Waals surface area contributed by atoms with E-state index >= 15 is 0 Å². The van der Waals surface area contributed by atoms with E-state index in [9.17, 15) is 4.39 Å². The molecule has 30 heavy (non-hydrogen) atoms. The van der Waals surface area contributed by atoms with Gasteiger partial charge in [0.1, 0.15) is 29.4 Å². The maximum atomic E-state index is 14.5. The molecule has 1 fully saturated rings. The van der Waals surface area contributed by atoms with E-state index in [0.29, 0.717) is 28.7 Å². The van der Waals surface area contributed by atoms with E-state index in [-0.39, 0.29) is 16.7 Å². The zero-order valence-electron chi connectivity index (χ0n) is 16.4. The van der Waals surface area contributed by atoms with Crippen LogP contribution in [0.3, 0.4) is 0 Å². The molecule has 2 unspecified atom stereocenters. The van der Waals surface area contributed by atoms with E-state index in [0.717, 1.165) is 48.7 Å². The zero-order chi connectivity index (χ0) is 20.8. The summed E-state index contributed by atoms with van der Waals surface area (Å²) in [6, 6.07) is 7.43. The van der Waals surface area contributed by atoms with E-state index in [4.69, 9.17) is 23.1 Å². The summed E-state index contributed by atoms with van der Waals surface area (Å²) < 4.78 is 16.7. The molecule has 1 aliphatic carbocycles. The van der Waals surface area contributed by atoms with Gasteiger partial charge in [0.25, 0.3) is 0 Å². The van der Waals surface area contributed by atoms with Crippen molar-refractivity contribution in [2.24, 2.45) is 5.92 Å². The summed E-state index contributed by atoms with van der Waals surface area (Å²) in [4.78, 5) is 12.7. The summed E-state index contributed by atoms with van der Waals surface area (Å²) in [5, 5.41) is 1.58. The van der Waals surface area contributed by atoms with E-state index in [1.165, 1.54) is 12.4 Å². The Morgan fingerprint density at radius 2 is 1.97 bits per heavy atom. The van der Waals surface area contributed by atoms with Gasteiger partial charge in [0.05, 0.1) is 15.9 Å². The number of benzene rings is 1. The quantitative estimate of drug-likeness (QED) is 0.485. The number of anilines is 2. The minimum atomic E-state index is -0.308. The highest BCUT2D eigenvalue weighted by atomic mass is 35.5. The molecule has 0 aliphatic heterocycles. The number of nitrogen functional groups attached to an aromatic ring is 2. The van der Waals surface area contributed by atoms with Crippen LogP contribution in [0.1, 0.15) is 37.3 Å². The monoisotopic (exact) mass is 424 g/mol. The Labute approximate surface area is 178 Å². The molecule has 3 aromatic heterocycles. The number of nitrogens with zero attached hydrogens (tertiary/aromatic N) is 4. The van der Waals surface area contributed by atoms with Crippen LogP contribution in [0.4, 0.5) is 16.0 Å². The minimum absolute atomic E-state index is 0.225. The molecule has 0 amide bonds. The summed E-state index contributed by atoms with van der Waals surface area (Å²) >= 11 is 5.98. The first-order chi connectivity index (χ1) is 14.5. The van der Waals surface area contributed by atoms with E-state index in [1.807, 2.05) is 12.1 Å². The molecule has 1 saturated carbocycles. The van der Waals surface area contributed by atoms with Gasteiger partial charge in [0.2, 0.25) is 0 Å². The highest BCUT2D eigenvalue weighted by Crippen LogP contribution is 2.39. The molecule has 0 saturated heterocycles. The summed E-state index contributed by atoms with van der Waals surface area (Å²) in [5.41, 5.74) is 14.1. The van der Waals surface area contributed by atoms with Gasteiger partial charge in [-0.1, -0.05) is 11.6 Å². The number of halogens is 2. The van der Waals surface area contributed by atoms with E-state index in [2.05, 4.69) is 25.7 Å². The second kappa shape index (κ2) is 7.40. The van der Waals surface area contributed by atoms with Gasteiger partial charge < -0.3 is 16.0 Å². The normalized spacial score (nSPS) is 19.1. The molecule has 0 bridgehead atoms. The van der Waals surface area contributed by atoms with Crippen LogP contribution < -0.4 is 11.5 Å². The molecule has 6 nitrogen and oxygen atoms in total. The first-order valence-corrected chi connectivity index (χ1v) is 10.5. The first-order valence-electron chi connectivity index (χ1n) is 10.1. The maximum absolute atomic E-state index is 14.5. The lowest BCUT2D eigenvalue weighted by Crippen LogP contribution is -2.06. The molecule has 1 aliphatic rings. The zero-order valence-corrected chi connectivity index (χ0v) is 17.1. The molecule has 5 rings (SSSR count). The Balaban J connectivity index is 1.30. The maximum Gasteiger partial charge on any atom is 0.145 e. The van der Waals surface area contributed by atoms with Gasteiger partial charge >= 0.3 is 0 Å². The lowest BCUT2D eigenvalue weighted by Gasteiger charge is -2.14. The Hall–Kier alpha value is -2.93. The Morgan fingerprint density at radius 1 is 1.10 bits per heavy atom. The molecule has 0 spiro atoms. The Bertz CT molecular complexity index is 1250. The highest BCUT2D eigenvalue weighted by Gasteiger charge is 2.27. The summed E-state index contributed by atoms with van der Waals surface area (Å²) in [6.45, 7) is 0. The molecule has 154 valence electrons. The van der Waals surface area contributed by atoms with Crippen molar-refractivity contribution in [3.8, 4) is 0 Å². The smallest absolute Gasteiger partial charge is 0.145 e. The number of hydrogen-bond acceptors (Lipinski definition) is 5. The number of rotatable bonds is 4. The summed E-state index contributed by atoms with van der Waals surface area (Å²) in [7, 11) is 0. The minimum Gasteiger partial charge on any atom is -0.383 e. The van der Waals surface area contributed by atoms with Crippen LogP contribution in [-0.2, 0) is 6.42 Å². The second-order valence-electron chi connectivity index (χ2n) is 8.09. The van der Waals surface area contributed by atoms with Crippen molar-refractivity contribution in [2.75, 3.05) is 11.5 Å². The molecule has 1 aromatic carbocycles. The largest absolute Gasteiger partial charge is 0.383 e. The van der Waals surface area contributed by atoms with Gasteiger partial charge in [-0.3, -0.25) is 0 Å². The SMILES string of the molecule is Nc1nc2cc(CCC3CCC(n4ccc5c(N)ncnc54)C3)cc(F)c2cc1Cl. The standard InChI is InChI=1S/C22H22ClFN6/c23-17-10-16-18(24)8-13(9-19(16)29-21(17)26)2-1-12-3-4-14(7-12)30-6-5-15-20(25)27-11-28-22(15)30/h5-6,8-12,14H,1-4,7H2,(H2,26,29)(H2,25,27,28). The number of pyridine rings is 1. The molecule has 4 aromatic rings. The van der Waals surface area contributed by atoms with Crippen LogP contribution in [0.25, 0.3) is 21.9 Å². The third kappa shape index (κ3) is 3.33. The number of aromatic nitrogens is 4. The lowest BCUT2D eigenvalue weighted by molar-refractivity contribution is 0.461. The fourth-order valence-electron chi connectivity index (χ4n) is 4.64. The lowest BCUT2D eigenvalue weighted by atomic mass is 9.97. The van der Waals surface area contributed by atoms with Crippen molar-refractivity contribution >= 4 is 45.2 Å². The van der Waals surface area contributed by atoms with E-state index < -0.39 is 0 Å². The van der Waals surface area contributed by atoms with Crippen LogP contribution >= 0.6 is 11.6 Å². The number of aryl methyl sites for hydroxylation is 1. The molecular formula is C22H22ClFN6. The van der Waals surface area contributed by atoms with Crippen LogP contribution in [0.15, 0.2) is 36.8 Å². The van der Waals surface area contributed by atoms with Gasteiger partial charge in [-0.25, -0.2) is 19.3 Å². The van der Waals surface area contributed by atoms with Crippen molar-refractivity contribution in [1.29, 1.82) is 0 Å². The molecular weight excluding hydrogens is 403 g/mol. The van der Waals surface area contributed by atoms with Crippen molar-refractivity contribution < 1.29 is 4.39 Å². The van der Waals surface area contributed by atoms with Gasteiger partial charge in [0, 0.05) is 17.6 Å². The third-order valence-corrected chi connectivity index (χ3v) is 6.52. The van der Waals surface area contributed by atoms with Gasteiger partial charge in [-0.15, -0.1) is 0 Å². The predicted octanol–water partition coefficient (Wildman–Crippen LogP) is 4.91. The summed E-state index contributed by atoms with van der Waals surface area (Å²) in [6.07, 6.45) is 8.69. The second-order valence-corrected chi connectivity index (χ2v) is 8.50. The van der Waals surface area contributed by atoms with Gasteiger partial charge in [-0.05, 0) is 67.9 Å². The molecule has 3 heterocycles. The number of nitrogens with two attached hydrogens (primary N) is 2. The van der Waals surface area contributed by atoms with Crippen molar-refractivity contribution in [3.05, 3.63) is 53.2 Å². The highest BCUT2D eigenvalue weighted by molar-refractivity contribution is 6.33. The average Bonchev–Trinajstić information content (AvgIpc) is 3.35. The topological polar surface area (TPSA) is 95.6 Å².